The fraction of sp³-hybridized carbons (Fsp3) is 0.417. The molecule has 0 aliphatic carbocycles. The van der Waals surface area contributed by atoms with Gasteiger partial charge < -0.3 is 5.32 Å². The maximum absolute atomic E-state index is 12.1. The van der Waals surface area contributed by atoms with Crippen molar-refractivity contribution in [3.8, 4) is 0 Å². The molecule has 9 heteroatoms. The number of rotatable bonds is 7. The highest BCUT2D eigenvalue weighted by atomic mass is 32.2. The van der Waals surface area contributed by atoms with Gasteiger partial charge in [0.1, 0.15) is 4.90 Å². The Morgan fingerprint density at radius 3 is 2.52 bits per heavy atom. The second kappa shape index (κ2) is 6.92. The van der Waals surface area contributed by atoms with Crippen molar-refractivity contribution >= 4 is 27.3 Å². The van der Waals surface area contributed by atoms with Crippen molar-refractivity contribution in [2.45, 2.75) is 31.7 Å². The molecule has 0 radical (unpaired) electrons. The molecule has 2 aromatic heterocycles. The van der Waals surface area contributed by atoms with Crippen LogP contribution in [0.3, 0.4) is 0 Å². The Labute approximate surface area is 127 Å². The first kappa shape index (κ1) is 15.8. The predicted molar refractivity (Wildman–Crippen MR) is 81.7 cm³/mol. The topological polar surface area (TPSA) is 96.9 Å². The molecule has 0 atom stereocenters. The van der Waals surface area contributed by atoms with Crippen LogP contribution in [0.15, 0.2) is 22.8 Å². The Kier molecular flexibility index (Phi) is 5.21. The highest BCUT2D eigenvalue weighted by molar-refractivity contribution is 7.89. The summed E-state index contributed by atoms with van der Waals surface area (Å²) in [5.41, 5.74) is 2.52. The summed E-state index contributed by atoms with van der Waals surface area (Å²) in [5.74, 6) is 0.425. The van der Waals surface area contributed by atoms with Crippen molar-refractivity contribution in [1.29, 1.82) is 0 Å². The Morgan fingerprint density at radius 2 is 1.95 bits per heavy atom. The first-order valence-corrected chi connectivity index (χ1v) is 8.83. The van der Waals surface area contributed by atoms with Crippen molar-refractivity contribution in [3.05, 3.63) is 28.5 Å². The second-order valence-corrected chi connectivity index (χ2v) is 7.06. The lowest BCUT2D eigenvalue weighted by atomic mass is 10.4. The van der Waals surface area contributed by atoms with E-state index in [0.29, 0.717) is 5.95 Å². The molecular formula is C12H17N5O2S2. The van der Waals surface area contributed by atoms with Gasteiger partial charge in [-0.1, -0.05) is 6.92 Å². The monoisotopic (exact) mass is 327 g/mol. The summed E-state index contributed by atoms with van der Waals surface area (Å²) in [6.07, 6.45) is 3.54. The number of aromatic nitrogens is 3. The highest BCUT2D eigenvalue weighted by Gasteiger charge is 2.16. The smallest absolute Gasteiger partial charge is 0.243 e. The fourth-order valence-electron chi connectivity index (χ4n) is 1.52. The van der Waals surface area contributed by atoms with Crippen LogP contribution in [0.4, 0.5) is 5.95 Å². The molecule has 2 rings (SSSR count). The first-order chi connectivity index (χ1) is 10.0. The molecule has 0 saturated heterocycles. The zero-order valence-corrected chi connectivity index (χ0v) is 13.5. The summed E-state index contributed by atoms with van der Waals surface area (Å²) in [7, 11) is -3.61. The molecule has 0 bridgehead atoms. The van der Waals surface area contributed by atoms with Gasteiger partial charge in [0.25, 0.3) is 0 Å². The van der Waals surface area contributed by atoms with Gasteiger partial charge in [0.05, 0.1) is 23.6 Å². The van der Waals surface area contributed by atoms with Crippen LogP contribution in [0.25, 0.3) is 0 Å². The molecule has 2 N–H and O–H groups in total. The van der Waals surface area contributed by atoms with Crippen molar-refractivity contribution < 1.29 is 8.42 Å². The van der Waals surface area contributed by atoms with Crippen LogP contribution in [-0.4, -0.2) is 29.9 Å². The molecule has 0 amide bonds. The maximum Gasteiger partial charge on any atom is 0.243 e. The molecule has 0 unspecified atom stereocenters. The Bertz CT molecular complexity index is 682. The van der Waals surface area contributed by atoms with Crippen LogP contribution in [-0.2, 0) is 16.6 Å². The fourth-order valence-corrected chi connectivity index (χ4v) is 3.21. The van der Waals surface area contributed by atoms with Gasteiger partial charge in [-0.2, -0.15) is 0 Å². The Hall–Kier alpha value is -1.58. The maximum atomic E-state index is 12.1. The van der Waals surface area contributed by atoms with Crippen LogP contribution >= 0.6 is 11.3 Å². The van der Waals surface area contributed by atoms with Gasteiger partial charge in [-0.15, -0.1) is 11.3 Å². The summed E-state index contributed by atoms with van der Waals surface area (Å²) < 4.78 is 26.8. The van der Waals surface area contributed by atoms with E-state index in [1.165, 1.54) is 23.7 Å². The number of hydrogen-bond acceptors (Lipinski definition) is 7. The first-order valence-electron chi connectivity index (χ1n) is 6.47. The van der Waals surface area contributed by atoms with Crippen LogP contribution < -0.4 is 10.0 Å². The zero-order valence-electron chi connectivity index (χ0n) is 11.8. The predicted octanol–water partition coefficient (Wildman–Crippen LogP) is 1.54. The molecule has 0 spiro atoms. The van der Waals surface area contributed by atoms with Gasteiger partial charge in [-0.25, -0.2) is 28.1 Å². The minimum absolute atomic E-state index is 0.0479. The molecule has 2 aromatic rings. The third-order valence-electron chi connectivity index (χ3n) is 2.74. The van der Waals surface area contributed by atoms with Gasteiger partial charge in [0, 0.05) is 18.0 Å². The van der Waals surface area contributed by atoms with E-state index in [0.717, 1.165) is 23.5 Å². The quantitative estimate of drug-likeness (QED) is 0.801. The molecule has 7 nitrogen and oxygen atoms in total. The second-order valence-electron chi connectivity index (χ2n) is 4.35. The summed E-state index contributed by atoms with van der Waals surface area (Å²) in [5, 5.41) is 2.99. The van der Waals surface area contributed by atoms with E-state index in [1.807, 2.05) is 13.8 Å². The molecule has 0 fully saturated rings. The molecule has 0 aliphatic rings. The van der Waals surface area contributed by atoms with E-state index >= 15 is 0 Å². The van der Waals surface area contributed by atoms with E-state index in [1.54, 1.807) is 5.51 Å². The normalized spacial score (nSPS) is 11.5. The summed E-state index contributed by atoms with van der Waals surface area (Å²) in [6, 6.07) is 0. The SMILES string of the molecule is CCCNc1ncc(S(=O)(=O)NCc2scnc2C)cn1. The molecule has 0 aromatic carbocycles. The number of nitrogens with zero attached hydrogens (tertiary/aromatic N) is 3. The molecule has 0 aliphatic heterocycles. The molecule has 21 heavy (non-hydrogen) atoms. The highest BCUT2D eigenvalue weighted by Crippen LogP contribution is 2.13. The van der Waals surface area contributed by atoms with Gasteiger partial charge in [0.15, 0.2) is 0 Å². The number of anilines is 1. The van der Waals surface area contributed by atoms with Gasteiger partial charge in [-0.05, 0) is 13.3 Å². The van der Waals surface area contributed by atoms with Crippen LogP contribution in [0.1, 0.15) is 23.9 Å². The average Bonchev–Trinajstić information content (AvgIpc) is 2.89. The lowest BCUT2D eigenvalue weighted by Crippen LogP contribution is -2.23. The number of nitrogens with one attached hydrogen (secondary N) is 2. The largest absolute Gasteiger partial charge is 0.354 e. The zero-order chi connectivity index (χ0) is 15.3. The lowest BCUT2D eigenvalue weighted by molar-refractivity contribution is 0.580. The van der Waals surface area contributed by atoms with Gasteiger partial charge in [0.2, 0.25) is 16.0 Å². The minimum atomic E-state index is -3.61. The minimum Gasteiger partial charge on any atom is -0.354 e. The number of sulfonamides is 1. The van der Waals surface area contributed by atoms with Crippen LogP contribution in [0, 0.1) is 6.92 Å². The summed E-state index contributed by atoms with van der Waals surface area (Å²) in [6.45, 7) is 4.83. The summed E-state index contributed by atoms with van der Waals surface area (Å²) in [4.78, 5) is 13.0. The number of hydrogen-bond donors (Lipinski definition) is 2. The van der Waals surface area contributed by atoms with Gasteiger partial charge >= 0.3 is 0 Å². The standard InChI is InChI=1S/C12H17N5O2S2/c1-3-4-13-12-14-5-10(6-15-12)21(18,19)17-7-11-9(2)16-8-20-11/h5-6,8,17H,3-4,7H2,1-2H3,(H,13,14,15). The van der Waals surface area contributed by atoms with Crippen molar-refractivity contribution in [2.75, 3.05) is 11.9 Å². The van der Waals surface area contributed by atoms with Crippen molar-refractivity contribution in [3.63, 3.8) is 0 Å². The van der Waals surface area contributed by atoms with E-state index < -0.39 is 10.0 Å². The third-order valence-corrected chi connectivity index (χ3v) is 5.03. The molecular weight excluding hydrogens is 310 g/mol. The Balaban J connectivity index is 2.03. The van der Waals surface area contributed by atoms with Crippen LogP contribution in [0.5, 0.6) is 0 Å². The molecule has 0 saturated carbocycles. The summed E-state index contributed by atoms with van der Waals surface area (Å²) >= 11 is 1.42. The lowest BCUT2D eigenvalue weighted by Gasteiger charge is -2.07. The molecule has 2 heterocycles. The van der Waals surface area contributed by atoms with E-state index in [-0.39, 0.29) is 11.4 Å². The van der Waals surface area contributed by atoms with Crippen molar-refractivity contribution in [1.82, 2.24) is 19.7 Å². The van der Waals surface area contributed by atoms with Gasteiger partial charge in [-0.3, -0.25) is 0 Å². The Morgan fingerprint density at radius 1 is 1.24 bits per heavy atom. The third kappa shape index (κ3) is 4.19. The molecule has 114 valence electrons. The van der Waals surface area contributed by atoms with Crippen LogP contribution in [0.2, 0.25) is 0 Å². The number of aryl methyl sites for hydroxylation is 1. The number of thiazole rings is 1. The van der Waals surface area contributed by atoms with E-state index in [4.69, 9.17) is 0 Å². The average molecular weight is 327 g/mol. The van der Waals surface area contributed by atoms with E-state index in [2.05, 4.69) is 25.0 Å². The van der Waals surface area contributed by atoms with Crippen molar-refractivity contribution in [2.24, 2.45) is 0 Å². The van der Waals surface area contributed by atoms with E-state index in [9.17, 15) is 8.42 Å².